The van der Waals surface area contributed by atoms with E-state index in [0.29, 0.717) is 6.42 Å². The molecule has 0 aliphatic rings. The number of nitrogens with zero attached hydrogens (tertiary/aromatic N) is 1. The number of hydrogen-bond acceptors (Lipinski definition) is 2. The fourth-order valence-corrected chi connectivity index (χ4v) is 2.20. The Bertz CT molecular complexity index is 358. The Hall–Kier alpha value is -1.00. The topological polar surface area (TPSA) is 15.3 Å². The lowest BCUT2D eigenvalue weighted by atomic mass is 10.0. The van der Waals surface area contributed by atoms with Crippen LogP contribution in [0.3, 0.4) is 0 Å². The van der Waals surface area contributed by atoms with Crippen molar-refractivity contribution in [2.24, 2.45) is 0 Å². The molecule has 0 bridgehead atoms. The third-order valence-corrected chi connectivity index (χ3v) is 3.61. The summed E-state index contributed by atoms with van der Waals surface area (Å²) in [6, 6.07) is 4.12. The second-order valence-corrected chi connectivity index (χ2v) is 4.71. The Morgan fingerprint density at radius 2 is 1.74 bits per heavy atom. The number of benzene rings is 1. The highest BCUT2D eigenvalue weighted by Gasteiger charge is 2.15. The molecule has 1 atom stereocenters. The van der Waals surface area contributed by atoms with Crippen LogP contribution in [0.5, 0.6) is 0 Å². The largest absolute Gasteiger partial charge is 0.317 e. The summed E-state index contributed by atoms with van der Waals surface area (Å²) >= 11 is 0. The number of rotatable bonds is 8. The number of likely N-dealkylation sites (N-methyl/N-ethyl adjacent to an activating group) is 1. The van der Waals surface area contributed by atoms with Gasteiger partial charge in [-0.05, 0) is 51.7 Å². The molecule has 4 heteroatoms. The number of nitrogens with one attached hydrogen (secondary N) is 1. The smallest absolute Gasteiger partial charge is 0.129 e. The molecule has 1 N–H and O–H groups in total. The van der Waals surface area contributed by atoms with Gasteiger partial charge < -0.3 is 10.2 Å². The first-order valence-electron chi connectivity index (χ1n) is 6.94. The highest BCUT2D eigenvalue weighted by molar-refractivity contribution is 5.20. The maximum Gasteiger partial charge on any atom is 0.129 e. The van der Waals surface area contributed by atoms with Crippen molar-refractivity contribution in [3.05, 3.63) is 35.4 Å². The molecule has 0 fully saturated rings. The van der Waals surface area contributed by atoms with E-state index >= 15 is 0 Å². The van der Waals surface area contributed by atoms with Crippen LogP contribution in [-0.2, 0) is 6.42 Å². The van der Waals surface area contributed by atoms with E-state index in [-0.39, 0.29) is 11.6 Å². The van der Waals surface area contributed by atoms with E-state index in [1.165, 1.54) is 18.2 Å². The Kier molecular flexibility index (Phi) is 6.95. The average molecular weight is 270 g/mol. The van der Waals surface area contributed by atoms with E-state index in [9.17, 15) is 8.78 Å². The minimum atomic E-state index is -0.455. The van der Waals surface area contributed by atoms with Gasteiger partial charge >= 0.3 is 0 Å². The van der Waals surface area contributed by atoms with Gasteiger partial charge in [0.15, 0.2) is 0 Å². The first-order chi connectivity index (χ1) is 9.12. The summed E-state index contributed by atoms with van der Waals surface area (Å²) in [5, 5.41) is 3.15. The van der Waals surface area contributed by atoms with Gasteiger partial charge in [-0.25, -0.2) is 8.78 Å². The van der Waals surface area contributed by atoms with E-state index < -0.39 is 11.6 Å². The molecule has 2 nitrogen and oxygen atoms in total. The molecule has 0 heterocycles. The Morgan fingerprint density at radius 1 is 1.16 bits per heavy atom. The van der Waals surface area contributed by atoms with E-state index in [4.69, 9.17) is 0 Å². The van der Waals surface area contributed by atoms with Crippen molar-refractivity contribution < 1.29 is 8.78 Å². The van der Waals surface area contributed by atoms with Crippen LogP contribution in [0.25, 0.3) is 0 Å². The molecule has 1 aromatic rings. The Labute approximate surface area is 114 Å². The van der Waals surface area contributed by atoms with Gasteiger partial charge in [0.1, 0.15) is 11.6 Å². The summed E-state index contributed by atoms with van der Waals surface area (Å²) in [4.78, 5) is 2.31. The van der Waals surface area contributed by atoms with Crippen molar-refractivity contribution in [3.8, 4) is 0 Å². The predicted octanol–water partition coefficient (Wildman–Crippen LogP) is 2.83. The molecule has 0 spiro atoms. The maximum absolute atomic E-state index is 13.6. The maximum atomic E-state index is 13.6. The normalized spacial score (nSPS) is 12.9. The van der Waals surface area contributed by atoms with Gasteiger partial charge in [0.05, 0.1) is 0 Å². The SMILES string of the molecule is CCN(CC)CCC(Cc1c(F)cccc1F)NC. The zero-order valence-electron chi connectivity index (χ0n) is 12.0. The lowest BCUT2D eigenvalue weighted by Crippen LogP contribution is -2.34. The molecule has 1 unspecified atom stereocenters. The summed E-state index contributed by atoms with van der Waals surface area (Å²) in [6.07, 6.45) is 1.27. The molecule has 0 aromatic heterocycles. The van der Waals surface area contributed by atoms with Crippen molar-refractivity contribution in [3.63, 3.8) is 0 Å². The van der Waals surface area contributed by atoms with Crippen LogP contribution in [-0.4, -0.2) is 37.6 Å². The van der Waals surface area contributed by atoms with Gasteiger partial charge in [0.25, 0.3) is 0 Å². The van der Waals surface area contributed by atoms with E-state index in [2.05, 4.69) is 24.1 Å². The predicted molar refractivity (Wildman–Crippen MR) is 75.3 cm³/mol. The second-order valence-electron chi connectivity index (χ2n) is 4.71. The molecule has 1 aromatic carbocycles. The number of halogens is 2. The molecule has 0 aliphatic carbocycles. The molecule has 108 valence electrons. The van der Waals surface area contributed by atoms with Crippen LogP contribution in [0.1, 0.15) is 25.8 Å². The first kappa shape index (κ1) is 16.1. The van der Waals surface area contributed by atoms with Crippen LogP contribution in [0.15, 0.2) is 18.2 Å². The zero-order valence-corrected chi connectivity index (χ0v) is 12.0. The highest BCUT2D eigenvalue weighted by atomic mass is 19.1. The molecule has 19 heavy (non-hydrogen) atoms. The molecular formula is C15H24F2N2. The molecular weight excluding hydrogens is 246 g/mol. The summed E-state index contributed by atoms with van der Waals surface area (Å²) in [6.45, 7) is 7.18. The Morgan fingerprint density at radius 3 is 2.21 bits per heavy atom. The molecule has 0 aliphatic heterocycles. The summed E-state index contributed by atoms with van der Waals surface area (Å²) in [7, 11) is 1.84. The van der Waals surface area contributed by atoms with Gasteiger partial charge in [0.2, 0.25) is 0 Å². The zero-order chi connectivity index (χ0) is 14.3. The third-order valence-electron chi connectivity index (χ3n) is 3.61. The molecule has 0 radical (unpaired) electrons. The monoisotopic (exact) mass is 270 g/mol. The van der Waals surface area contributed by atoms with Crippen LogP contribution < -0.4 is 5.32 Å². The fourth-order valence-electron chi connectivity index (χ4n) is 2.20. The van der Waals surface area contributed by atoms with Gasteiger partial charge in [-0.1, -0.05) is 19.9 Å². The van der Waals surface area contributed by atoms with Gasteiger partial charge in [-0.3, -0.25) is 0 Å². The van der Waals surface area contributed by atoms with Crippen molar-refractivity contribution in [1.29, 1.82) is 0 Å². The van der Waals surface area contributed by atoms with Crippen LogP contribution >= 0.6 is 0 Å². The summed E-state index contributed by atoms with van der Waals surface area (Å²) < 4.78 is 27.2. The average Bonchev–Trinajstić information content (AvgIpc) is 2.41. The van der Waals surface area contributed by atoms with E-state index in [0.717, 1.165) is 26.1 Å². The lowest BCUT2D eigenvalue weighted by molar-refractivity contribution is 0.282. The highest BCUT2D eigenvalue weighted by Crippen LogP contribution is 2.15. The standard InChI is InChI=1S/C15H24F2N2/c1-4-19(5-2)10-9-12(18-3)11-13-14(16)7-6-8-15(13)17/h6-8,12,18H,4-5,9-11H2,1-3H3. The summed E-state index contributed by atoms with van der Waals surface area (Å²) in [5.74, 6) is -0.911. The van der Waals surface area contributed by atoms with Gasteiger partial charge in [-0.15, -0.1) is 0 Å². The number of hydrogen-bond donors (Lipinski definition) is 1. The van der Waals surface area contributed by atoms with E-state index in [1.807, 2.05) is 7.05 Å². The third kappa shape index (κ3) is 4.88. The molecule has 0 saturated carbocycles. The molecule has 1 rings (SSSR count). The minimum absolute atomic E-state index is 0.0898. The van der Waals surface area contributed by atoms with Gasteiger partial charge in [-0.2, -0.15) is 0 Å². The quantitative estimate of drug-likeness (QED) is 0.781. The fraction of sp³-hybridized carbons (Fsp3) is 0.600. The van der Waals surface area contributed by atoms with Crippen molar-refractivity contribution >= 4 is 0 Å². The first-order valence-corrected chi connectivity index (χ1v) is 6.94. The van der Waals surface area contributed by atoms with Crippen molar-refractivity contribution in [1.82, 2.24) is 10.2 Å². The molecule has 0 amide bonds. The van der Waals surface area contributed by atoms with Gasteiger partial charge in [0, 0.05) is 11.6 Å². The van der Waals surface area contributed by atoms with E-state index in [1.54, 1.807) is 0 Å². The van der Waals surface area contributed by atoms with Crippen molar-refractivity contribution in [2.75, 3.05) is 26.7 Å². The van der Waals surface area contributed by atoms with Crippen molar-refractivity contribution in [2.45, 2.75) is 32.7 Å². The van der Waals surface area contributed by atoms with Crippen LogP contribution in [0.4, 0.5) is 8.78 Å². The summed E-state index contributed by atoms with van der Waals surface area (Å²) in [5.41, 5.74) is 0.182. The minimum Gasteiger partial charge on any atom is -0.317 e. The Balaban J connectivity index is 2.61. The lowest BCUT2D eigenvalue weighted by Gasteiger charge is -2.22. The second kappa shape index (κ2) is 8.23. The molecule has 0 saturated heterocycles. The van der Waals surface area contributed by atoms with Crippen LogP contribution in [0, 0.1) is 11.6 Å². The van der Waals surface area contributed by atoms with Crippen LogP contribution in [0.2, 0.25) is 0 Å².